The molecule has 9 nitrogen and oxygen atoms in total. The molecule has 2 heterocycles. The smallest absolute Gasteiger partial charge is 0.276 e. The number of nitrogens with one attached hydrogen (secondary N) is 1. The number of amides is 2. The van der Waals surface area contributed by atoms with E-state index in [2.05, 4.69) is 25.9 Å². The van der Waals surface area contributed by atoms with Gasteiger partial charge in [0.15, 0.2) is 5.69 Å². The molecular formula is C25H20N6O3. The van der Waals surface area contributed by atoms with Crippen molar-refractivity contribution in [1.82, 2.24) is 15.0 Å². The molecule has 2 amide bonds. The summed E-state index contributed by atoms with van der Waals surface area (Å²) >= 11 is 0. The standard InChI is InChI=1S/C25H20N6O3/c1-15-23(31(30-27-15)18-11-13-19(34-2)14-12-18)25(33)26-17-9-7-16(8-10-17)22-20-5-3-4-6-21(20)24(32)29-28-22/h3-14,21H,1-2H3,(H,26,33). The van der Waals surface area contributed by atoms with Gasteiger partial charge in [0.1, 0.15) is 5.75 Å². The fourth-order valence-electron chi connectivity index (χ4n) is 3.85. The second-order valence-electron chi connectivity index (χ2n) is 7.73. The van der Waals surface area contributed by atoms with Crippen molar-refractivity contribution < 1.29 is 14.3 Å². The third-order valence-electron chi connectivity index (χ3n) is 5.60. The van der Waals surface area contributed by atoms with Crippen molar-refractivity contribution in [3.8, 4) is 11.4 Å². The summed E-state index contributed by atoms with van der Waals surface area (Å²) in [5.41, 5.74) is 4.38. The molecule has 1 aromatic heterocycles. The fourth-order valence-corrected chi connectivity index (χ4v) is 3.85. The van der Waals surface area contributed by atoms with Crippen LogP contribution in [-0.4, -0.2) is 33.9 Å². The van der Waals surface area contributed by atoms with Gasteiger partial charge in [-0.3, -0.25) is 9.59 Å². The van der Waals surface area contributed by atoms with E-state index in [-0.39, 0.29) is 11.8 Å². The Morgan fingerprint density at radius 2 is 1.79 bits per heavy atom. The van der Waals surface area contributed by atoms with E-state index in [9.17, 15) is 9.59 Å². The van der Waals surface area contributed by atoms with Crippen LogP contribution in [0, 0.1) is 12.8 Å². The molecule has 0 fully saturated rings. The predicted octanol–water partition coefficient (Wildman–Crippen LogP) is 4.28. The first kappa shape index (κ1) is 21.2. The largest absolute Gasteiger partial charge is 0.497 e. The van der Waals surface area contributed by atoms with E-state index in [1.807, 2.05) is 36.4 Å². The van der Waals surface area contributed by atoms with E-state index in [0.29, 0.717) is 34.2 Å². The van der Waals surface area contributed by atoms with E-state index >= 15 is 0 Å². The maximum absolute atomic E-state index is 13.1. The Morgan fingerprint density at radius 3 is 2.53 bits per heavy atom. The summed E-state index contributed by atoms with van der Waals surface area (Å²) in [6.07, 6.45) is 7.39. The normalized spacial score (nSPS) is 16.5. The van der Waals surface area contributed by atoms with Crippen molar-refractivity contribution in [2.24, 2.45) is 16.1 Å². The Kier molecular flexibility index (Phi) is 5.43. The number of hydrogen-bond acceptors (Lipinski definition) is 6. The van der Waals surface area contributed by atoms with Gasteiger partial charge in [-0.05, 0) is 48.9 Å². The Balaban J connectivity index is 1.38. The molecule has 1 unspecified atom stereocenters. The average Bonchev–Trinajstić information content (AvgIpc) is 3.26. The lowest BCUT2D eigenvalue weighted by Crippen LogP contribution is -2.18. The highest BCUT2D eigenvalue weighted by Crippen LogP contribution is 2.34. The van der Waals surface area contributed by atoms with Crippen LogP contribution in [0.25, 0.3) is 11.4 Å². The number of ether oxygens (including phenoxy) is 1. The molecule has 168 valence electrons. The van der Waals surface area contributed by atoms with Crippen LogP contribution < -0.4 is 10.1 Å². The van der Waals surface area contributed by atoms with Gasteiger partial charge in [0.25, 0.3) is 11.8 Å². The van der Waals surface area contributed by atoms with Gasteiger partial charge in [-0.15, -0.1) is 15.3 Å². The lowest BCUT2D eigenvalue weighted by atomic mass is 9.89. The molecule has 2 aliphatic rings. The molecular weight excluding hydrogens is 432 g/mol. The topological polar surface area (TPSA) is 111 Å². The SMILES string of the molecule is COc1ccc(-n2nnc(C)c2C(=O)Nc2ccc(C3=C4C=CC=CC4C(=O)N=N3)cc2)cc1. The molecule has 1 N–H and O–H groups in total. The van der Waals surface area contributed by atoms with Crippen LogP contribution in [0.1, 0.15) is 21.7 Å². The van der Waals surface area contributed by atoms with Gasteiger partial charge in [0.2, 0.25) is 0 Å². The molecule has 3 aromatic rings. The minimum atomic E-state index is -0.411. The van der Waals surface area contributed by atoms with E-state index in [1.54, 1.807) is 50.4 Å². The zero-order valence-corrected chi connectivity index (χ0v) is 18.5. The number of carbonyl (C=O) groups is 2. The maximum atomic E-state index is 13.1. The number of nitrogens with zero attached hydrogens (tertiary/aromatic N) is 5. The Morgan fingerprint density at radius 1 is 1.03 bits per heavy atom. The monoisotopic (exact) mass is 452 g/mol. The van der Waals surface area contributed by atoms with Crippen molar-refractivity contribution in [3.05, 3.63) is 95.4 Å². The molecule has 5 rings (SSSR count). The van der Waals surface area contributed by atoms with Crippen LogP contribution in [0.5, 0.6) is 5.75 Å². The number of carbonyl (C=O) groups excluding carboxylic acids is 2. The number of aromatic nitrogens is 3. The highest BCUT2D eigenvalue weighted by Gasteiger charge is 2.27. The van der Waals surface area contributed by atoms with E-state index in [4.69, 9.17) is 4.74 Å². The number of anilines is 1. The second-order valence-corrected chi connectivity index (χ2v) is 7.73. The average molecular weight is 452 g/mol. The molecule has 34 heavy (non-hydrogen) atoms. The molecule has 9 heteroatoms. The number of allylic oxidation sites excluding steroid dienone is 3. The summed E-state index contributed by atoms with van der Waals surface area (Å²) in [6.45, 7) is 1.73. The highest BCUT2D eigenvalue weighted by molar-refractivity contribution is 6.04. The van der Waals surface area contributed by atoms with Crippen LogP contribution in [-0.2, 0) is 4.79 Å². The molecule has 1 aliphatic carbocycles. The van der Waals surface area contributed by atoms with Gasteiger partial charge in [0, 0.05) is 11.3 Å². The zero-order valence-electron chi connectivity index (χ0n) is 18.5. The molecule has 2 aromatic carbocycles. The lowest BCUT2D eigenvalue weighted by Gasteiger charge is -2.19. The van der Waals surface area contributed by atoms with Crippen molar-refractivity contribution in [3.63, 3.8) is 0 Å². The van der Waals surface area contributed by atoms with Crippen LogP contribution >= 0.6 is 0 Å². The van der Waals surface area contributed by atoms with E-state index in [1.165, 1.54) is 4.68 Å². The van der Waals surface area contributed by atoms with Crippen molar-refractivity contribution >= 4 is 23.2 Å². The van der Waals surface area contributed by atoms with Gasteiger partial charge in [-0.2, -0.15) is 0 Å². The van der Waals surface area contributed by atoms with Gasteiger partial charge in [-0.25, -0.2) is 4.68 Å². The minimum absolute atomic E-state index is 0.277. The third-order valence-corrected chi connectivity index (χ3v) is 5.60. The van der Waals surface area contributed by atoms with Gasteiger partial charge < -0.3 is 10.1 Å². The number of fused-ring (bicyclic) bond motifs is 1. The minimum Gasteiger partial charge on any atom is -0.497 e. The molecule has 0 saturated heterocycles. The van der Waals surface area contributed by atoms with Crippen molar-refractivity contribution in [1.29, 1.82) is 0 Å². The van der Waals surface area contributed by atoms with Gasteiger partial charge in [-0.1, -0.05) is 41.7 Å². The fraction of sp³-hybridized carbons (Fsp3) is 0.120. The van der Waals surface area contributed by atoms with E-state index < -0.39 is 5.92 Å². The quantitative estimate of drug-likeness (QED) is 0.621. The van der Waals surface area contributed by atoms with Crippen molar-refractivity contribution in [2.75, 3.05) is 12.4 Å². The van der Waals surface area contributed by atoms with Crippen LogP contribution in [0.15, 0.2) is 88.6 Å². The highest BCUT2D eigenvalue weighted by atomic mass is 16.5. The molecule has 1 atom stereocenters. The molecule has 0 radical (unpaired) electrons. The summed E-state index contributed by atoms with van der Waals surface area (Å²) in [4.78, 5) is 25.1. The number of hydrogen-bond donors (Lipinski definition) is 1. The molecule has 1 aliphatic heterocycles. The first-order valence-electron chi connectivity index (χ1n) is 10.6. The second kappa shape index (κ2) is 8.70. The lowest BCUT2D eigenvalue weighted by molar-refractivity contribution is -0.119. The first-order valence-corrected chi connectivity index (χ1v) is 10.6. The van der Waals surface area contributed by atoms with Crippen LogP contribution in [0.3, 0.4) is 0 Å². The summed E-state index contributed by atoms with van der Waals surface area (Å²) in [6, 6.07) is 14.4. The number of benzene rings is 2. The molecule has 0 spiro atoms. The summed E-state index contributed by atoms with van der Waals surface area (Å²) in [7, 11) is 1.59. The number of rotatable bonds is 5. The zero-order chi connectivity index (χ0) is 23.7. The summed E-state index contributed by atoms with van der Waals surface area (Å²) in [5.74, 6) is -0.321. The summed E-state index contributed by atoms with van der Waals surface area (Å²) in [5, 5.41) is 19.0. The molecule has 0 bridgehead atoms. The van der Waals surface area contributed by atoms with E-state index in [0.717, 1.165) is 11.1 Å². The van der Waals surface area contributed by atoms with Crippen LogP contribution in [0.4, 0.5) is 5.69 Å². The number of methoxy groups -OCH3 is 1. The third kappa shape index (κ3) is 3.83. The van der Waals surface area contributed by atoms with Gasteiger partial charge in [0.05, 0.1) is 30.1 Å². The Bertz CT molecular complexity index is 1400. The number of aryl methyl sites for hydroxylation is 1. The Hall–Kier alpha value is -4.66. The van der Waals surface area contributed by atoms with Gasteiger partial charge >= 0.3 is 0 Å². The Labute approximate surface area is 195 Å². The molecule has 0 saturated carbocycles. The summed E-state index contributed by atoms with van der Waals surface area (Å²) < 4.78 is 6.68. The van der Waals surface area contributed by atoms with Crippen LogP contribution in [0.2, 0.25) is 0 Å². The number of azo groups is 1. The predicted molar refractivity (Wildman–Crippen MR) is 126 cm³/mol. The maximum Gasteiger partial charge on any atom is 0.276 e. The first-order chi connectivity index (χ1) is 16.5. The van der Waals surface area contributed by atoms with Crippen molar-refractivity contribution in [2.45, 2.75) is 6.92 Å².